The zero-order valence-corrected chi connectivity index (χ0v) is 16.8. The Balaban J connectivity index is 1.64. The molecule has 0 unspecified atom stereocenters. The van der Waals surface area contributed by atoms with Crippen LogP contribution in [-0.4, -0.2) is 0 Å². The van der Waals surface area contributed by atoms with E-state index < -0.39 is 0 Å². The molecule has 0 amide bonds. The van der Waals surface area contributed by atoms with Gasteiger partial charge in [0.2, 0.25) is 0 Å². The summed E-state index contributed by atoms with van der Waals surface area (Å²) in [5.74, 6) is 1.74. The van der Waals surface area contributed by atoms with E-state index >= 15 is 0 Å². The van der Waals surface area contributed by atoms with E-state index in [1.54, 1.807) is 5.57 Å². The quantitative estimate of drug-likeness (QED) is 0.532. The minimum Gasteiger partial charge on any atom is -0.0625 e. The first kappa shape index (κ1) is 17.6. The van der Waals surface area contributed by atoms with Crippen LogP contribution in [0.4, 0.5) is 0 Å². The Labute approximate surface area is 159 Å². The standard InChI is InChI=1S/C26H32/c1-18-8-10-19(11-9-18)22-16-21-6-5-7-24(25(21)17-22)20-12-14-23(15-13-20)26(2,3)4/h5-7,12-15,17-19H,8-11,16H2,1-4H3. The molecule has 0 nitrogen and oxygen atoms in total. The Morgan fingerprint density at radius 1 is 0.846 bits per heavy atom. The first-order chi connectivity index (χ1) is 12.4. The monoisotopic (exact) mass is 344 g/mol. The van der Waals surface area contributed by atoms with Gasteiger partial charge in [0.25, 0.3) is 0 Å². The number of hydrogen-bond acceptors (Lipinski definition) is 0. The molecule has 0 atom stereocenters. The van der Waals surface area contributed by atoms with Gasteiger partial charge in [0.05, 0.1) is 0 Å². The summed E-state index contributed by atoms with van der Waals surface area (Å²) in [5.41, 5.74) is 9.06. The highest BCUT2D eigenvalue weighted by atomic mass is 14.3. The summed E-state index contributed by atoms with van der Waals surface area (Å²) in [6.07, 6.45) is 9.28. The molecule has 26 heavy (non-hydrogen) atoms. The lowest BCUT2D eigenvalue weighted by molar-refractivity contribution is 0.319. The summed E-state index contributed by atoms with van der Waals surface area (Å²) in [5, 5.41) is 0. The molecular formula is C26H32. The molecule has 2 aromatic carbocycles. The molecule has 0 saturated heterocycles. The third kappa shape index (κ3) is 3.39. The van der Waals surface area contributed by atoms with E-state index in [0.717, 1.165) is 11.8 Å². The van der Waals surface area contributed by atoms with Crippen LogP contribution in [0.3, 0.4) is 0 Å². The van der Waals surface area contributed by atoms with Crippen molar-refractivity contribution in [2.75, 3.05) is 0 Å². The van der Waals surface area contributed by atoms with Crippen LogP contribution in [0, 0.1) is 11.8 Å². The Morgan fingerprint density at radius 2 is 1.54 bits per heavy atom. The van der Waals surface area contributed by atoms with E-state index in [9.17, 15) is 0 Å². The lowest BCUT2D eigenvalue weighted by Crippen LogP contribution is -2.14. The molecule has 0 aromatic heterocycles. The van der Waals surface area contributed by atoms with Gasteiger partial charge in [-0.1, -0.05) is 94.7 Å². The smallest absolute Gasteiger partial charge is 0.00548 e. The van der Waals surface area contributed by atoms with Crippen molar-refractivity contribution in [3.8, 4) is 11.1 Å². The Bertz CT molecular complexity index is 806. The highest BCUT2D eigenvalue weighted by Crippen LogP contribution is 2.41. The molecule has 0 heteroatoms. The van der Waals surface area contributed by atoms with Crippen molar-refractivity contribution in [3.05, 3.63) is 64.7 Å². The lowest BCUT2D eigenvalue weighted by Gasteiger charge is -2.27. The van der Waals surface area contributed by atoms with Gasteiger partial charge < -0.3 is 0 Å². The molecule has 0 radical (unpaired) electrons. The van der Waals surface area contributed by atoms with Crippen molar-refractivity contribution in [2.45, 2.75) is 65.2 Å². The first-order valence-corrected chi connectivity index (χ1v) is 10.3. The zero-order valence-electron chi connectivity index (χ0n) is 16.8. The summed E-state index contributed by atoms with van der Waals surface area (Å²) < 4.78 is 0. The number of fused-ring (bicyclic) bond motifs is 1. The van der Waals surface area contributed by atoms with Crippen molar-refractivity contribution in [3.63, 3.8) is 0 Å². The topological polar surface area (TPSA) is 0 Å². The third-order valence-corrected chi connectivity index (χ3v) is 6.52. The van der Waals surface area contributed by atoms with Gasteiger partial charge in [-0.2, -0.15) is 0 Å². The van der Waals surface area contributed by atoms with Crippen LogP contribution in [0.25, 0.3) is 17.2 Å². The van der Waals surface area contributed by atoms with Crippen LogP contribution < -0.4 is 0 Å². The number of rotatable bonds is 2. The predicted molar refractivity (Wildman–Crippen MR) is 113 cm³/mol. The van der Waals surface area contributed by atoms with E-state index in [1.165, 1.54) is 59.9 Å². The Hall–Kier alpha value is -1.82. The third-order valence-electron chi connectivity index (χ3n) is 6.52. The normalized spacial score (nSPS) is 22.8. The highest BCUT2D eigenvalue weighted by Gasteiger charge is 2.26. The molecule has 4 rings (SSSR count). The first-order valence-electron chi connectivity index (χ1n) is 10.3. The molecule has 1 fully saturated rings. The fourth-order valence-corrected chi connectivity index (χ4v) is 4.69. The number of benzene rings is 2. The van der Waals surface area contributed by atoms with Crippen LogP contribution in [-0.2, 0) is 11.8 Å². The molecule has 0 spiro atoms. The average Bonchev–Trinajstić information content (AvgIpc) is 3.06. The van der Waals surface area contributed by atoms with Crippen LogP contribution >= 0.6 is 0 Å². The molecule has 2 aromatic rings. The van der Waals surface area contributed by atoms with Crippen molar-refractivity contribution in [1.29, 1.82) is 0 Å². The Morgan fingerprint density at radius 3 is 2.19 bits per heavy atom. The second-order valence-electron chi connectivity index (χ2n) is 9.56. The average molecular weight is 345 g/mol. The van der Waals surface area contributed by atoms with Gasteiger partial charge in [0.15, 0.2) is 0 Å². The highest BCUT2D eigenvalue weighted by molar-refractivity contribution is 5.81. The van der Waals surface area contributed by atoms with Gasteiger partial charge in [0.1, 0.15) is 0 Å². The maximum absolute atomic E-state index is 2.53. The lowest BCUT2D eigenvalue weighted by atomic mass is 9.79. The molecule has 0 aliphatic heterocycles. The molecule has 2 aliphatic rings. The number of allylic oxidation sites excluding steroid dienone is 1. The fraction of sp³-hybridized carbons (Fsp3) is 0.462. The van der Waals surface area contributed by atoms with E-state index in [1.807, 2.05) is 0 Å². The summed E-state index contributed by atoms with van der Waals surface area (Å²) in [6.45, 7) is 9.25. The molecule has 1 saturated carbocycles. The largest absolute Gasteiger partial charge is 0.0625 e. The van der Waals surface area contributed by atoms with Gasteiger partial charge in [-0.3, -0.25) is 0 Å². The van der Waals surface area contributed by atoms with Crippen molar-refractivity contribution >= 4 is 6.08 Å². The maximum Gasteiger partial charge on any atom is -0.00548 e. The minimum absolute atomic E-state index is 0.211. The minimum atomic E-state index is 0.211. The van der Waals surface area contributed by atoms with Crippen LogP contribution in [0.5, 0.6) is 0 Å². The van der Waals surface area contributed by atoms with Crippen molar-refractivity contribution in [1.82, 2.24) is 0 Å². The van der Waals surface area contributed by atoms with E-state index in [2.05, 4.69) is 76.2 Å². The van der Waals surface area contributed by atoms with Crippen molar-refractivity contribution in [2.24, 2.45) is 11.8 Å². The molecule has 0 N–H and O–H groups in total. The second kappa shape index (κ2) is 6.72. The molecule has 136 valence electrons. The second-order valence-corrected chi connectivity index (χ2v) is 9.56. The maximum atomic E-state index is 2.53. The van der Waals surface area contributed by atoms with E-state index in [-0.39, 0.29) is 5.41 Å². The van der Waals surface area contributed by atoms with Gasteiger partial charge in [-0.05, 0) is 64.3 Å². The van der Waals surface area contributed by atoms with Gasteiger partial charge in [0, 0.05) is 0 Å². The summed E-state index contributed by atoms with van der Waals surface area (Å²) in [6, 6.07) is 16.1. The summed E-state index contributed by atoms with van der Waals surface area (Å²) >= 11 is 0. The van der Waals surface area contributed by atoms with E-state index in [4.69, 9.17) is 0 Å². The van der Waals surface area contributed by atoms with Gasteiger partial charge >= 0.3 is 0 Å². The van der Waals surface area contributed by atoms with Crippen LogP contribution in [0.15, 0.2) is 48.0 Å². The summed E-state index contributed by atoms with van der Waals surface area (Å²) in [7, 11) is 0. The van der Waals surface area contributed by atoms with Gasteiger partial charge in [-0.15, -0.1) is 0 Å². The SMILES string of the molecule is CC1CCC(C2=Cc3c(cccc3-c3ccc(C(C)(C)C)cc3)C2)CC1. The summed E-state index contributed by atoms with van der Waals surface area (Å²) in [4.78, 5) is 0. The molecular weight excluding hydrogens is 312 g/mol. The Kier molecular flexibility index (Phi) is 4.55. The fourth-order valence-electron chi connectivity index (χ4n) is 4.69. The number of hydrogen-bond donors (Lipinski definition) is 0. The van der Waals surface area contributed by atoms with Crippen molar-refractivity contribution < 1.29 is 0 Å². The van der Waals surface area contributed by atoms with Crippen LogP contribution in [0.2, 0.25) is 0 Å². The van der Waals surface area contributed by atoms with E-state index in [0.29, 0.717) is 0 Å². The van der Waals surface area contributed by atoms with Crippen LogP contribution in [0.1, 0.15) is 70.1 Å². The molecule has 2 aliphatic carbocycles. The predicted octanol–water partition coefficient (Wildman–Crippen LogP) is 7.42. The zero-order chi connectivity index (χ0) is 18.3. The van der Waals surface area contributed by atoms with Gasteiger partial charge in [-0.25, -0.2) is 0 Å². The molecule has 0 bridgehead atoms. The molecule has 0 heterocycles.